The Labute approximate surface area is 182 Å². The molecule has 0 atom stereocenters. The third-order valence-electron chi connectivity index (χ3n) is 4.91. The molecule has 0 saturated heterocycles. The van der Waals surface area contributed by atoms with E-state index in [4.69, 9.17) is 4.74 Å². The van der Waals surface area contributed by atoms with Gasteiger partial charge in [-0.05, 0) is 0 Å². The molecular formula is C21H13BF8O3. The number of ether oxygens (including phenoxy) is 3. The normalized spacial score (nSPS) is 10.9. The zero-order valence-electron chi connectivity index (χ0n) is 17.1. The predicted molar refractivity (Wildman–Crippen MR) is 103 cm³/mol. The Kier molecular flexibility index (Phi) is 6.75. The molecule has 0 bridgehead atoms. The first kappa shape index (κ1) is 24.2. The molecule has 174 valence electrons. The fraction of sp³-hybridized carbons (Fsp3) is 0.143. The highest BCUT2D eigenvalue weighted by atomic mass is 19.2. The quantitative estimate of drug-likeness (QED) is 0.311. The van der Waals surface area contributed by atoms with Crippen LogP contribution in [-0.4, -0.2) is 28.0 Å². The first-order valence-corrected chi connectivity index (χ1v) is 9.02. The first-order valence-electron chi connectivity index (χ1n) is 9.02. The fourth-order valence-corrected chi connectivity index (χ4v) is 3.39. The summed E-state index contributed by atoms with van der Waals surface area (Å²) in [5, 5.41) is 0. The molecule has 3 rings (SSSR count). The van der Waals surface area contributed by atoms with Crippen LogP contribution in [0.2, 0.25) is 0 Å². The summed E-state index contributed by atoms with van der Waals surface area (Å²) in [6, 6.07) is 1.68. The molecule has 0 amide bonds. The van der Waals surface area contributed by atoms with Gasteiger partial charge in [0.15, 0.2) is 46.4 Å². The van der Waals surface area contributed by atoms with Crippen molar-refractivity contribution in [3.05, 3.63) is 70.8 Å². The largest absolute Gasteiger partial charge is 0.497 e. The summed E-state index contributed by atoms with van der Waals surface area (Å²) in [5.74, 6) is -16.4. The average Bonchev–Trinajstić information content (AvgIpc) is 2.77. The highest BCUT2D eigenvalue weighted by Gasteiger charge is 2.41. The Morgan fingerprint density at radius 2 is 0.879 bits per heavy atom. The second-order valence-electron chi connectivity index (χ2n) is 6.64. The number of methoxy groups -OCH3 is 3. The molecule has 0 heterocycles. The number of rotatable bonds is 6. The van der Waals surface area contributed by atoms with E-state index in [1.54, 1.807) is 0 Å². The summed E-state index contributed by atoms with van der Waals surface area (Å²) in [6.07, 6.45) is 0. The molecule has 12 heteroatoms. The summed E-state index contributed by atoms with van der Waals surface area (Å²) >= 11 is 0. The zero-order valence-corrected chi connectivity index (χ0v) is 17.1. The number of halogens is 8. The van der Waals surface area contributed by atoms with Gasteiger partial charge in [0.25, 0.3) is 6.71 Å². The number of benzene rings is 3. The highest BCUT2D eigenvalue weighted by Crippen LogP contribution is 2.24. The minimum Gasteiger partial charge on any atom is -0.497 e. The van der Waals surface area contributed by atoms with E-state index < -0.39 is 81.1 Å². The minimum absolute atomic E-state index is 0.283. The zero-order chi connectivity index (χ0) is 24.6. The molecule has 0 aliphatic heterocycles. The lowest BCUT2D eigenvalue weighted by Gasteiger charge is -2.22. The van der Waals surface area contributed by atoms with Crippen molar-refractivity contribution in [1.82, 2.24) is 0 Å². The van der Waals surface area contributed by atoms with Gasteiger partial charge in [-0.25, -0.2) is 35.1 Å². The lowest BCUT2D eigenvalue weighted by atomic mass is 9.36. The van der Waals surface area contributed by atoms with Crippen LogP contribution in [0.5, 0.6) is 17.2 Å². The molecule has 0 unspecified atom stereocenters. The Morgan fingerprint density at radius 3 is 1.21 bits per heavy atom. The molecule has 3 aromatic rings. The van der Waals surface area contributed by atoms with E-state index in [2.05, 4.69) is 9.47 Å². The van der Waals surface area contributed by atoms with Gasteiger partial charge in [-0.2, -0.15) is 0 Å². The van der Waals surface area contributed by atoms with Crippen LogP contribution in [0.1, 0.15) is 0 Å². The van der Waals surface area contributed by atoms with Crippen molar-refractivity contribution in [3.8, 4) is 17.2 Å². The van der Waals surface area contributed by atoms with Crippen molar-refractivity contribution in [1.29, 1.82) is 0 Å². The van der Waals surface area contributed by atoms with Crippen LogP contribution >= 0.6 is 0 Å². The molecule has 3 nitrogen and oxygen atoms in total. The second-order valence-corrected chi connectivity index (χ2v) is 6.64. The standard InChI is InChI=1S/C21H13BF8O3/c1-31-8-4-9(23)15(10(24)5-8)22(16-18(27)11(25)6-13(32-2)20(16)29)17-19(28)12(26)7-14(33-3)21(17)30/h4-7H,1-3H3. The van der Waals surface area contributed by atoms with Crippen molar-refractivity contribution < 1.29 is 49.3 Å². The van der Waals surface area contributed by atoms with Crippen LogP contribution in [-0.2, 0) is 0 Å². The predicted octanol–water partition coefficient (Wildman–Crippen LogP) is 3.34. The first-order chi connectivity index (χ1) is 15.6. The Morgan fingerprint density at radius 1 is 0.485 bits per heavy atom. The average molecular weight is 476 g/mol. The van der Waals surface area contributed by atoms with Crippen molar-refractivity contribution in [3.63, 3.8) is 0 Å². The lowest BCUT2D eigenvalue weighted by molar-refractivity contribution is 0.378. The molecular weight excluding hydrogens is 463 g/mol. The maximum atomic E-state index is 15.1. The summed E-state index contributed by atoms with van der Waals surface area (Å²) in [7, 11) is 2.80. The van der Waals surface area contributed by atoms with Crippen LogP contribution in [0.3, 0.4) is 0 Å². The summed E-state index contributed by atoms with van der Waals surface area (Å²) < 4.78 is 132. The van der Waals surface area contributed by atoms with Gasteiger partial charge in [-0.3, -0.25) is 0 Å². The molecule has 0 aromatic heterocycles. The van der Waals surface area contributed by atoms with Gasteiger partial charge in [0.2, 0.25) is 0 Å². The fourth-order valence-electron chi connectivity index (χ4n) is 3.39. The van der Waals surface area contributed by atoms with Crippen molar-refractivity contribution in [2.75, 3.05) is 21.3 Å². The van der Waals surface area contributed by atoms with E-state index in [0.29, 0.717) is 12.1 Å². The van der Waals surface area contributed by atoms with E-state index in [-0.39, 0.29) is 17.9 Å². The van der Waals surface area contributed by atoms with Gasteiger partial charge in [-0.1, -0.05) is 0 Å². The van der Waals surface area contributed by atoms with E-state index in [0.717, 1.165) is 21.3 Å². The van der Waals surface area contributed by atoms with E-state index in [1.165, 1.54) is 0 Å². The molecule has 0 fully saturated rings. The molecule has 0 aliphatic rings. The van der Waals surface area contributed by atoms with Gasteiger partial charge in [0, 0.05) is 40.7 Å². The third-order valence-corrected chi connectivity index (χ3v) is 4.91. The summed E-state index contributed by atoms with van der Waals surface area (Å²) in [5.41, 5.74) is -4.37. The molecule has 0 aliphatic carbocycles. The van der Waals surface area contributed by atoms with E-state index in [9.17, 15) is 26.3 Å². The SMILES string of the molecule is COc1cc(F)c(B(c2c(F)c(F)cc(OC)c2F)c2c(F)c(F)cc(OC)c2F)c(F)c1. The van der Waals surface area contributed by atoms with Crippen LogP contribution in [0, 0.1) is 46.5 Å². The molecule has 33 heavy (non-hydrogen) atoms. The van der Waals surface area contributed by atoms with E-state index >= 15 is 8.78 Å². The monoisotopic (exact) mass is 476 g/mol. The minimum atomic E-state index is -2.69. The third kappa shape index (κ3) is 4.05. The van der Waals surface area contributed by atoms with Gasteiger partial charge in [0.05, 0.1) is 21.3 Å². The Balaban J connectivity index is 2.56. The maximum Gasteiger partial charge on any atom is 0.264 e. The summed E-state index contributed by atoms with van der Waals surface area (Å²) in [6.45, 7) is -2.69. The smallest absolute Gasteiger partial charge is 0.264 e. The van der Waals surface area contributed by atoms with Crippen molar-refractivity contribution in [2.45, 2.75) is 0 Å². The number of hydrogen-bond donors (Lipinski definition) is 0. The van der Waals surface area contributed by atoms with Crippen molar-refractivity contribution in [2.24, 2.45) is 0 Å². The Bertz CT molecular complexity index is 1150. The Hall–Kier alpha value is -3.44. The van der Waals surface area contributed by atoms with E-state index in [1.807, 2.05) is 0 Å². The van der Waals surface area contributed by atoms with Gasteiger partial charge < -0.3 is 14.2 Å². The van der Waals surface area contributed by atoms with Gasteiger partial charge in [0.1, 0.15) is 17.4 Å². The molecule has 3 aromatic carbocycles. The van der Waals surface area contributed by atoms with Crippen LogP contribution in [0.25, 0.3) is 0 Å². The van der Waals surface area contributed by atoms with Gasteiger partial charge >= 0.3 is 0 Å². The molecule has 0 radical (unpaired) electrons. The number of hydrogen-bond acceptors (Lipinski definition) is 3. The lowest BCUT2D eigenvalue weighted by Crippen LogP contribution is -2.59. The second kappa shape index (κ2) is 9.20. The topological polar surface area (TPSA) is 27.7 Å². The molecule has 0 spiro atoms. The highest BCUT2D eigenvalue weighted by molar-refractivity contribution is 6.95. The molecule has 0 N–H and O–H groups in total. The van der Waals surface area contributed by atoms with Crippen molar-refractivity contribution >= 4 is 23.1 Å². The molecule has 0 saturated carbocycles. The summed E-state index contributed by atoms with van der Waals surface area (Å²) in [4.78, 5) is 0. The van der Waals surface area contributed by atoms with Gasteiger partial charge in [-0.15, -0.1) is 0 Å². The van der Waals surface area contributed by atoms with Crippen LogP contribution in [0.4, 0.5) is 35.1 Å². The maximum absolute atomic E-state index is 15.1. The van der Waals surface area contributed by atoms with Crippen LogP contribution < -0.4 is 30.6 Å². The van der Waals surface area contributed by atoms with Crippen LogP contribution in [0.15, 0.2) is 24.3 Å².